The molecular formula is C20H38OSi. The molecule has 1 nitrogen and oxygen atoms in total. The van der Waals surface area contributed by atoms with Crippen molar-refractivity contribution in [1.82, 2.24) is 0 Å². The van der Waals surface area contributed by atoms with Crippen molar-refractivity contribution in [1.29, 1.82) is 0 Å². The lowest BCUT2D eigenvalue weighted by molar-refractivity contribution is 0.388. The van der Waals surface area contributed by atoms with Crippen LogP contribution in [0.1, 0.15) is 75.2 Å². The third-order valence-corrected chi connectivity index (χ3v) is 10.5. The summed E-state index contributed by atoms with van der Waals surface area (Å²) in [5.74, 6) is 0.859. The summed E-state index contributed by atoms with van der Waals surface area (Å²) < 4.78 is 6.57. The molecule has 0 saturated heterocycles. The van der Waals surface area contributed by atoms with Gasteiger partial charge in [0.1, 0.15) is 0 Å². The first-order chi connectivity index (χ1) is 10.0. The van der Waals surface area contributed by atoms with Crippen LogP contribution in [0.15, 0.2) is 35.6 Å². The van der Waals surface area contributed by atoms with Gasteiger partial charge in [0.2, 0.25) is 0 Å². The third kappa shape index (κ3) is 6.16. The summed E-state index contributed by atoms with van der Waals surface area (Å²) in [5, 5.41) is 0. The van der Waals surface area contributed by atoms with Crippen molar-refractivity contribution >= 4 is 8.32 Å². The minimum Gasteiger partial charge on any atom is -0.543 e. The summed E-state index contributed by atoms with van der Waals surface area (Å²) in [7, 11) is -1.86. The highest BCUT2D eigenvalue weighted by atomic mass is 28.4. The summed E-state index contributed by atoms with van der Waals surface area (Å²) in [5.41, 5.74) is 4.49. The molecule has 0 fully saturated rings. The Morgan fingerprint density at radius 2 is 1.41 bits per heavy atom. The molecule has 0 amide bonds. The molecule has 0 atom stereocenters. The molecule has 0 saturated carbocycles. The van der Waals surface area contributed by atoms with Crippen LogP contribution in [-0.2, 0) is 4.43 Å². The van der Waals surface area contributed by atoms with Gasteiger partial charge in [0.05, 0.1) is 5.76 Å². The van der Waals surface area contributed by atoms with Crippen molar-refractivity contribution in [3.05, 3.63) is 35.6 Å². The lowest BCUT2D eigenvalue weighted by atomic mass is 10.1. The van der Waals surface area contributed by atoms with E-state index in [-0.39, 0.29) is 0 Å². The fourth-order valence-electron chi connectivity index (χ4n) is 3.55. The van der Waals surface area contributed by atoms with Crippen LogP contribution in [0.3, 0.4) is 0 Å². The molecule has 0 spiro atoms. The van der Waals surface area contributed by atoms with E-state index in [9.17, 15) is 0 Å². The first kappa shape index (κ1) is 21.2. The first-order valence-corrected chi connectivity index (χ1v) is 10.9. The average molecular weight is 323 g/mol. The summed E-state index contributed by atoms with van der Waals surface area (Å²) in [4.78, 5) is 0. The van der Waals surface area contributed by atoms with Gasteiger partial charge in [-0.1, -0.05) is 65.3 Å². The van der Waals surface area contributed by atoms with E-state index in [2.05, 4.69) is 81.0 Å². The van der Waals surface area contributed by atoms with Crippen LogP contribution in [0.5, 0.6) is 0 Å². The van der Waals surface area contributed by atoms with Gasteiger partial charge in [-0.25, -0.2) is 0 Å². The van der Waals surface area contributed by atoms with E-state index >= 15 is 0 Å². The number of hydrogen-bond donors (Lipinski definition) is 0. The van der Waals surface area contributed by atoms with Crippen LogP contribution in [0.4, 0.5) is 0 Å². The maximum atomic E-state index is 6.57. The van der Waals surface area contributed by atoms with Crippen molar-refractivity contribution < 1.29 is 4.43 Å². The van der Waals surface area contributed by atoms with Gasteiger partial charge in [-0.3, -0.25) is 0 Å². The van der Waals surface area contributed by atoms with Crippen molar-refractivity contribution in [3.63, 3.8) is 0 Å². The van der Waals surface area contributed by atoms with Gasteiger partial charge in [-0.15, -0.1) is 0 Å². The predicted octanol–water partition coefficient (Wildman–Crippen LogP) is 7.38. The Labute approximate surface area is 140 Å². The maximum Gasteiger partial charge on any atom is 0.258 e. The SMILES string of the molecule is C=C(/C=C(/C)CCC=C(C)C)O[Si](C(C)C)(C(C)C)C(C)C. The normalized spacial score (nSPS) is 13.0. The average Bonchev–Trinajstić information content (AvgIpc) is 2.33. The molecule has 0 aliphatic carbocycles. The second-order valence-electron chi connectivity index (χ2n) is 7.70. The Morgan fingerprint density at radius 1 is 0.955 bits per heavy atom. The molecule has 22 heavy (non-hydrogen) atoms. The van der Waals surface area contributed by atoms with E-state index in [1.165, 1.54) is 11.1 Å². The van der Waals surface area contributed by atoms with Crippen molar-refractivity contribution in [3.8, 4) is 0 Å². The highest BCUT2D eigenvalue weighted by Gasteiger charge is 2.46. The van der Waals surface area contributed by atoms with Crippen LogP contribution in [-0.4, -0.2) is 8.32 Å². The number of allylic oxidation sites excluding steroid dienone is 4. The molecule has 0 bridgehead atoms. The van der Waals surface area contributed by atoms with E-state index < -0.39 is 8.32 Å². The van der Waals surface area contributed by atoms with Gasteiger partial charge in [0.25, 0.3) is 8.32 Å². The van der Waals surface area contributed by atoms with Crippen LogP contribution in [0.2, 0.25) is 16.6 Å². The molecule has 0 heterocycles. The number of hydrogen-bond acceptors (Lipinski definition) is 1. The Balaban J connectivity index is 5.01. The van der Waals surface area contributed by atoms with Crippen LogP contribution in [0, 0.1) is 0 Å². The van der Waals surface area contributed by atoms with Crippen molar-refractivity contribution in [2.75, 3.05) is 0 Å². The van der Waals surface area contributed by atoms with E-state index in [4.69, 9.17) is 4.43 Å². The molecule has 0 unspecified atom stereocenters. The molecule has 0 N–H and O–H groups in total. The molecule has 128 valence electrons. The molecule has 0 rings (SSSR count). The Kier molecular flexibility index (Phi) is 9.07. The maximum absolute atomic E-state index is 6.57. The van der Waals surface area contributed by atoms with Gasteiger partial charge in [0, 0.05) is 0 Å². The Hall–Kier alpha value is -0.763. The van der Waals surface area contributed by atoms with E-state index in [0.717, 1.165) is 18.6 Å². The van der Waals surface area contributed by atoms with Crippen LogP contribution >= 0.6 is 0 Å². The van der Waals surface area contributed by atoms with E-state index in [1.54, 1.807) is 0 Å². The molecule has 2 heteroatoms. The van der Waals surface area contributed by atoms with Crippen LogP contribution in [0.25, 0.3) is 0 Å². The topological polar surface area (TPSA) is 9.23 Å². The van der Waals surface area contributed by atoms with Gasteiger partial charge < -0.3 is 4.43 Å². The molecule has 0 aromatic rings. The van der Waals surface area contributed by atoms with Crippen LogP contribution < -0.4 is 0 Å². The minimum atomic E-state index is -1.86. The van der Waals surface area contributed by atoms with Gasteiger partial charge in [-0.2, -0.15) is 0 Å². The Morgan fingerprint density at radius 3 is 1.77 bits per heavy atom. The molecular weight excluding hydrogens is 284 g/mol. The Bertz CT molecular complexity index is 388. The standard InChI is InChI=1S/C20H38OSi/c1-15(2)12-11-13-19(9)14-20(10)21-22(16(3)4,17(5)6)18(7)8/h12,14,16-18H,10-11,13H2,1-9H3/b19-14-. The lowest BCUT2D eigenvalue weighted by Gasteiger charge is -2.42. The molecule has 0 radical (unpaired) electrons. The third-order valence-electron chi connectivity index (χ3n) is 4.51. The van der Waals surface area contributed by atoms with Gasteiger partial charge >= 0.3 is 0 Å². The molecule has 0 aliphatic rings. The monoisotopic (exact) mass is 322 g/mol. The second kappa shape index (κ2) is 9.39. The van der Waals surface area contributed by atoms with Crippen molar-refractivity contribution in [2.24, 2.45) is 0 Å². The summed E-state index contributed by atoms with van der Waals surface area (Å²) in [6.45, 7) is 24.5. The lowest BCUT2D eigenvalue weighted by Crippen LogP contribution is -2.47. The molecule has 0 aliphatic heterocycles. The summed E-state index contributed by atoms with van der Waals surface area (Å²) in [6.07, 6.45) is 6.61. The highest BCUT2D eigenvalue weighted by molar-refractivity contribution is 6.77. The smallest absolute Gasteiger partial charge is 0.258 e. The van der Waals surface area contributed by atoms with E-state index in [1.807, 2.05) is 0 Å². The zero-order valence-corrected chi connectivity index (χ0v) is 17.4. The van der Waals surface area contributed by atoms with Crippen molar-refractivity contribution in [2.45, 2.75) is 91.8 Å². The van der Waals surface area contributed by atoms with Gasteiger partial charge in [0.15, 0.2) is 0 Å². The first-order valence-electron chi connectivity index (χ1n) is 8.72. The predicted molar refractivity (Wildman–Crippen MR) is 104 cm³/mol. The summed E-state index contributed by atoms with van der Waals surface area (Å²) >= 11 is 0. The number of rotatable bonds is 9. The van der Waals surface area contributed by atoms with Gasteiger partial charge in [-0.05, 0) is 56.3 Å². The fraction of sp³-hybridized carbons (Fsp3) is 0.700. The highest BCUT2D eigenvalue weighted by Crippen LogP contribution is 2.43. The summed E-state index contributed by atoms with van der Waals surface area (Å²) in [6, 6.07) is 0. The fourth-order valence-corrected chi connectivity index (χ4v) is 8.77. The molecule has 0 aromatic heterocycles. The minimum absolute atomic E-state index is 0.587. The largest absolute Gasteiger partial charge is 0.543 e. The zero-order valence-electron chi connectivity index (χ0n) is 16.4. The van der Waals surface area contributed by atoms with E-state index in [0.29, 0.717) is 16.6 Å². The second-order valence-corrected chi connectivity index (χ2v) is 13.1. The zero-order chi connectivity index (χ0) is 17.5. The quantitative estimate of drug-likeness (QED) is 0.186. The molecule has 0 aromatic carbocycles.